The summed E-state index contributed by atoms with van der Waals surface area (Å²) in [6.45, 7) is 3.48. The van der Waals surface area contributed by atoms with Gasteiger partial charge in [-0.3, -0.25) is 4.79 Å². The van der Waals surface area contributed by atoms with Gasteiger partial charge in [0.2, 0.25) is 0 Å². The fraction of sp³-hybridized carbons (Fsp3) is 0.500. The molecule has 0 radical (unpaired) electrons. The highest BCUT2D eigenvalue weighted by Gasteiger charge is 2.30. The van der Waals surface area contributed by atoms with Crippen LogP contribution in [0.5, 0.6) is 0 Å². The average Bonchev–Trinajstić information content (AvgIpc) is 2.66. The maximum absolute atomic E-state index is 12.1. The van der Waals surface area contributed by atoms with Crippen LogP contribution < -0.4 is 4.72 Å². The third kappa shape index (κ3) is 4.16. The first kappa shape index (κ1) is 16.9. The molecule has 0 aliphatic rings. The predicted octanol–water partition coefficient (Wildman–Crippen LogP) is 2.94. The van der Waals surface area contributed by atoms with E-state index in [1.807, 2.05) is 0 Å². The normalized spacial score (nSPS) is 15.2. The number of aliphatic carboxylic acids is 1. The van der Waals surface area contributed by atoms with Crippen molar-refractivity contribution in [2.24, 2.45) is 5.92 Å². The topological polar surface area (TPSA) is 83.5 Å². The maximum Gasteiger partial charge on any atom is 0.322 e. The van der Waals surface area contributed by atoms with Crippen LogP contribution in [-0.2, 0) is 14.8 Å². The van der Waals surface area contributed by atoms with Gasteiger partial charge in [0, 0.05) is 0 Å². The Bertz CT molecular complexity index is 553. The number of nitrogens with one attached hydrogen (secondary N) is 1. The molecule has 0 aliphatic heterocycles. The zero-order chi connectivity index (χ0) is 14.8. The summed E-state index contributed by atoms with van der Waals surface area (Å²) in [7, 11) is -3.89. The quantitative estimate of drug-likeness (QED) is 0.782. The Balaban J connectivity index is 3.04. The van der Waals surface area contributed by atoms with Gasteiger partial charge >= 0.3 is 5.97 Å². The summed E-state index contributed by atoms with van der Waals surface area (Å²) in [5, 5.41) is 9.36. The Morgan fingerprint density at radius 1 is 1.63 bits per heavy atom. The van der Waals surface area contributed by atoms with Crippen LogP contribution >= 0.6 is 38.9 Å². The van der Waals surface area contributed by atoms with Crippen molar-refractivity contribution in [3.63, 3.8) is 0 Å². The van der Waals surface area contributed by atoms with E-state index in [0.717, 1.165) is 11.3 Å². The molecule has 0 fully saturated rings. The minimum atomic E-state index is -3.89. The average molecular weight is 391 g/mol. The van der Waals surface area contributed by atoms with E-state index in [9.17, 15) is 13.2 Å². The minimum Gasteiger partial charge on any atom is -0.480 e. The van der Waals surface area contributed by atoms with Crippen LogP contribution in [0, 0.1) is 5.92 Å². The first-order valence-corrected chi connectivity index (χ1v) is 8.86. The maximum atomic E-state index is 12.1. The van der Waals surface area contributed by atoms with Crippen LogP contribution in [0.1, 0.15) is 20.3 Å². The van der Waals surface area contributed by atoms with Crippen molar-refractivity contribution in [2.45, 2.75) is 30.5 Å². The third-order valence-electron chi connectivity index (χ3n) is 2.65. The molecule has 0 unspecified atom stereocenters. The molecule has 5 nitrogen and oxygen atoms in total. The van der Waals surface area contributed by atoms with Gasteiger partial charge in [0.1, 0.15) is 10.3 Å². The second kappa shape index (κ2) is 6.53. The molecule has 2 N–H and O–H groups in total. The lowest BCUT2D eigenvalue weighted by Crippen LogP contribution is -2.44. The van der Waals surface area contributed by atoms with E-state index < -0.39 is 22.0 Å². The van der Waals surface area contributed by atoms with Crippen LogP contribution in [-0.4, -0.2) is 25.5 Å². The van der Waals surface area contributed by atoms with Crippen LogP contribution in [0.3, 0.4) is 0 Å². The molecule has 108 valence electrons. The largest absolute Gasteiger partial charge is 0.480 e. The molecule has 1 aromatic heterocycles. The highest BCUT2D eigenvalue weighted by atomic mass is 79.9. The number of hydrogen-bond donors (Lipinski definition) is 2. The van der Waals surface area contributed by atoms with Gasteiger partial charge in [-0.25, -0.2) is 8.42 Å². The molecular formula is C10H13BrClNO4S2. The summed E-state index contributed by atoms with van der Waals surface area (Å²) >= 11 is 9.84. The molecule has 0 aliphatic carbocycles. The Hall–Kier alpha value is -0.150. The van der Waals surface area contributed by atoms with Gasteiger partial charge in [0.15, 0.2) is 0 Å². The molecule has 1 rings (SSSR count). The second-order valence-corrected chi connectivity index (χ2v) is 8.73. The number of halogens is 2. The van der Waals surface area contributed by atoms with Crippen LogP contribution in [0.2, 0.25) is 5.02 Å². The summed E-state index contributed by atoms with van der Waals surface area (Å²) in [6, 6.07) is 0.128. The highest BCUT2D eigenvalue weighted by Crippen LogP contribution is 2.34. The van der Waals surface area contributed by atoms with E-state index in [-0.39, 0.29) is 15.1 Å². The van der Waals surface area contributed by atoms with E-state index >= 15 is 0 Å². The van der Waals surface area contributed by atoms with Crippen molar-refractivity contribution in [3.8, 4) is 0 Å². The molecule has 0 amide bonds. The molecular weight excluding hydrogens is 378 g/mol. The zero-order valence-corrected chi connectivity index (χ0v) is 14.2. The summed E-state index contributed by atoms with van der Waals surface area (Å²) in [5.74, 6) is -1.51. The van der Waals surface area contributed by atoms with Crippen molar-refractivity contribution in [3.05, 3.63) is 14.9 Å². The van der Waals surface area contributed by atoms with Gasteiger partial charge in [-0.1, -0.05) is 31.9 Å². The van der Waals surface area contributed by atoms with Gasteiger partial charge in [-0.2, -0.15) is 4.72 Å². The molecule has 0 saturated carbocycles. The number of carbonyl (C=O) groups is 1. The number of carboxylic acid groups (broad SMARTS) is 1. The summed E-state index contributed by atoms with van der Waals surface area (Å²) in [4.78, 5) is 11.1. The second-order valence-electron chi connectivity index (χ2n) is 4.01. The van der Waals surface area contributed by atoms with Crippen molar-refractivity contribution in [2.75, 3.05) is 0 Å². The van der Waals surface area contributed by atoms with E-state index in [2.05, 4.69) is 20.7 Å². The Labute approximate surface area is 129 Å². The number of rotatable bonds is 6. The van der Waals surface area contributed by atoms with Gasteiger partial charge in [-0.05, 0) is 27.9 Å². The number of sulfonamides is 1. The number of thiophene rings is 1. The smallest absolute Gasteiger partial charge is 0.322 e. The van der Waals surface area contributed by atoms with Gasteiger partial charge < -0.3 is 5.11 Å². The highest BCUT2D eigenvalue weighted by molar-refractivity contribution is 9.11. The summed E-state index contributed by atoms with van der Waals surface area (Å²) < 4.78 is 26.9. The first-order valence-electron chi connectivity index (χ1n) is 5.39. The van der Waals surface area contributed by atoms with Crippen molar-refractivity contribution < 1.29 is 18.3 Å². The molecule has 0 spiro atoms. The molecule has 0 bridgehead atoms. The van der Waals surface area contributed by atoms with Gasteiger partial charge in [0.05, 0.1) is 8.81 Å². The Morgan fingerprint density at radius 3 is 2.58 bits per heavy atom. The Morgan fingerprint density at radius 2 is 2.21 bits per heavy atom. The lowest BCUT2D eigenvalue weighted by Gasteiger charge is -2.19. The fourth-order valence-corrected chi connectivity index (χ4v) is 5.04. The Kier molecular flexibility index (Phi) is 5.81. The van der Waals surface area contributed by atoms with Crippen molar-refractivity contribution in [1.29, 1.82) is 0 Å². The summed E-state index contributed by atoms with van der Waals surface area (Å²) in [6.07, 6.45) is 0.550. The van der Waals surface area contributed by atoms with Crippen LogP contribution in [0.15, 0.2) is 14.1 Å². The van der Waals surface area contributed by atoms with E-state index in [4.69, 9.17) is 16.7 Å². The fourth-order valence-electron chi connectivity index (χ4n) is 1.33. The molecule has 0 saturated heterocycles. The zero-order valence-electron chi connectivity index (χ0n) is 10.2. The van der Waals surface area contributed by atoms with E-state index in [0.29, 0.717) is 10.2 Å². The third-order valence-corrected chi connectivity index (χ3v) is 7.04. The van der Waals surface area contributed by atoms with Crippen molar-refractivity contribution in [1.82, 2.24) is 4.72 Å². The van der Waals surface area contributed by atoms with Crippen LogP contribution in [0.25, 0.3) is 0 Å². The minimum absolute atomic E-state index is 0.0149. The van der Waals surface area contributed by atoms with Gasteiger partial charge in [0.25, 0.3) is 10.0 Å². The molecule has 2 atom stereocenters. The van der Waals surface area contributed by atoms with Crippen molar-refractivity contribution >= 4 is 54.9 Å². The molecule has 1 heterocycles. The lowest BCUT2D eigenvalue weighted by molar-refractivity contribution is -0.140. The molecule has 1 aromatic rings. The molecule has 19 heavy (non-hydrogen) atoms. The van der Waals surface area contributed by atoms with E-state index in [1.54, 1.807) is 13.8 Å². The van der Waals surface area contributed by atoms with Crippen LogP contribution in [0.4, 0.5) is 0 Å². The predicted molar refractivity (Wildman–Crippen MR) is 78.2 cm³/mol. The number of hydrogen-bond acceptors (Lipinski definition) is 4. The molecule has 0 aromatic carbocycles. The lowest BCUT2D eigenvalue weighted by atomic mass is 10.0. The number of carboxylic acids is 1. The van der Waals surface area contributed by atoms with Gasteiger partial charge in [-0.15, -0.1) is 11.3 Å². The molecule has 9 heteroatoms. The summed E-state index contributed by atoms with van der Waals surface area (Å²) in [5.41, 5.74) is 0. The monoisotopic (exact) mass is 389 g/mol. The first-order chi connectivity index (χ1) is 8.69. The standard InChI is InChI=1S/C10H13BrClNO4S2/c1-3-5(2)8(10(14)15)13-19(16,17)7-4-6(12)9(11)18-7/h4-5,8,13H,3H2,1-2H3,(H,14,15)/t5-,8-/m0/s1. The SMILES string of the molecule is CC[C@H](C)[C@H](NS(=O)(=O)c1cc(Cl)c(Br)s1)C(=O)O. The van der Waals surface area contributed by atoms with E-state index in [1.165, 1.54) is 6.07 Å².